The highest BCUT2D eigenvalue weighted by Crippen LogP contribution is 2.17. The third kappa shape index (κ3) is 5.15. The van der Waals surface area contributed by atoms with Gasteiger partial charge in [0.25, 0.3) is 5.91 Å². The minimum atomic E-state index is -3.30. The molecule has 1 amide bonds. The molecule has 0 saturated carbocycles. The lowest BCUT2D eigenvalue weighted by molar-refractivity contribution is 0.102. The van der Waals surface area contributed by atoms with Gasteiger partial charge in [0.15, 0.2) is 0 Å². The highest BCUT2D eigenvalue weighted by atomic mass is 32.2. The van der Waals surface area contributed by atoms with Crippen LogP contribution in [0.25, 0.3) is 0 Å². The van der Waals surface area contributed by atoms with Crippen LogP contribution in [0, 0.1) is 13.8 Å². The van der Waals surface area contributed by atoms with Crippen molar-refractivity contribution in [3.05, 3.63) is 58.9 Å². The largest absolute Gasteiger partial charge is 0.322 e. The number of pyridine rings is 1. The number of nitrogens with one attached hydrogen (secondary N) is 2. The quantitative estimate of drug-likeness (QED) is 0.876. The first kappa shape index (κ1) is 17.1. The van der Waals surface area contributed by atoms with Crippen molar-refractivity contribution in [2.75, 3.05) is 11.6 Å². The van der Waals surface area contributed by atoms with Crippen molar-refractivity contribution in [3.8, 4) is 0 Å². The molecular weight excluding hydrogens is 314 g/mol. The van der Waals surface area contributed by atoms with Gasteiger partial charge in [0.05, 0.1) is 18.5 Å². The number of hydrogen-bond acceptors (Lipinski definition) is 4. The SMILES string of the molecule is Cc1ccc(NC(=O)c2ccnc(CNS(C)(=O)=O)c2)c(C)c1. The van der Waals surface area contributed by atoms with Gasteiger partial charge in [-0.15, -0.1) is 0 Å². The Labute approximate surface area is 136 Å². The monoisotopic (exact) mass is 333 g/mol. The smallest absolute Gasteiger partial charge is 0.255 e. The molecule has 0 aliphatic carbocycles. The first-order valence-electron chi connectivity index (χ1n) is 7.03. The van der Waals surface area contributed by atoms with Crippen LogP contribution in [-0.4, -0.2) is 25.6 Å². The molecule has 0 radical (unpaired) electrons. The highest BCUT2D eigenvalue weighted by molar-refractivity contribution is 7.88. The molecule has 2 rings (SSSR count). The zero-order chi connectivity index (χ0) is 17.0. The zero-order valence-corrected chi connectivity index (χ0v) is 14.1. The van der Waals surface area contributed by atoms with Crippen molar-refractivity contribution in [2.45, 2.75) is 20.4 Å². The summed E-state index contributed by atoms with van der Waals surface area (Å²) in [4.78, 5) is 16.4. The van der Waals surface area contributed by atoms with Crippen molar-refractivity contribution in [3.63, 3.8) is 0 Å². The van der Waals surface area contributed by atoms with E-state index in [1.54, 1.807) is 12.1 Å². The van der Waals surface area contributed by atoms with Crippen LogP contribution in [-0.2, 0) is 16.6 Å². The van der Waals surface area contributed by atoms with Crippen LogP contribution in [0.2, 0.25) is 0 Å². The number of nitrogens with zero attached hydrogens (tertiary/aromatic N) is 1. The lowest BCUT2D eigenvalue weighted by atomic mass is 10.1. The Morgan fingerprint density at radius 1 is 1.17 bits per heavy atom. The zero-order valence-electron chi connectivity index (χ0n) is 13.3. The maximum absolute atomic E-state index is 12.3. The predicted molar refractivity (Wildman–Crippen MR) is 89.8 cm³/mol. The first-order valence-corrected chi connectivity index (χ1v) is 8.92. The number of carbonyl (C=O) groups excluding carboxylic acids is 1. The summed E-state index contributed by atoms with van der Waals surface area (Å²) in [7, 11) is -3.30. The van der Waals surface area contributed by atoms with E-state index < -0.39 is 10.0 Å². The second-order valence-corrected chi connectivity index (χ2v) is 7.23. The van der Waals surface area contributed by atoms with Gasteiger partial charge in [0, 0.05) is 17.4 Å². The van der Waals surface area contributed by atoms with E-state index >= 15 is 0 Å². The molecule has 122 valence electrons. The minimum Gasteiger partial charge on any atom is -0.322 e. The third-order valence-corrected chi connectivity index (χ3v) is 3.89. The number of hydrogen-bond donors (Lipinski definition) is 2. The Hall–Kier alpha value is -2.25. The number of benzene rings is 1. The van der Waals surface area contributed by atoms with Crippen LogP contribution >= 0.6 is 0 Å². The number of aromatic nitrogens is 1. The van der Waals surface area contributed by atoms with Crippen LogP contribution < -0.4 is 10.0 Å². The topological polar surface area (TPSA) is 88.2 Å². The molecule has 1 aromatic carbocycles. The summed E-state index contributed by atoms with van der Waals surface area (Å²) in [6.07, 6.45) is 2.56. The van der Waals surface area contributed by atoms with E-state index in [0.29, 0.717) is 11.3 Å². The summed E-state index contributed by atoms with van der Waals surface area (Å²) in [5, 5.41) is 2.85. The van der Waals surface area contributed by atoms with Crippen LogP contribution in [0.15, 0.2) is 36.5 Å². The van der Waals surface area contributed by atoms with Crippen molar-refractivity contribution in [1.82, 2.24) is 9.71 Å². The highest BCUT2D eigenvalue weighted by Gasteiger charge is 2.10. The molecule has 0 bridgehead atoms. The van der Waals surface area contributed by atoms with E-state index in [-0.39, 0.29) is 12.5 Å². The predicted octanol–water partition coefficient (Wildman–Crippen LogP) is 2.00. The average molecular weight is 333 g/mol. The van der Waals surface area contributed by atoms with Gasteiger partial charge < -0.3 is 5.32 Å². The first-order chi connectivity index (χ1) is 10.7. The Bertz CT molecular complexity index is 832. The molecule has 1 aromatic heterocycles. The number of carbonyl (C=O) groups is 1. The standard InChI is InChI=1S/C16H19N3O3S/c1-11-4-5-15(12(2)8-11)19-16(20)13-6-7-17-14(9-13)10-18-23(3,21)22/h4-9,18H,10H2,1-3H3,(H,19,20). The van der Waals surface area contributed by atoms with Gasteiger partial charge >= 0.3 is 0 Å². The number of rotatable bonds is 5. The summed E-state index contributed by atoms with van der Waals surface area (Å²) >= 11 is 0. The van der Waals surface area contributed by atoms with Gasteiger partial charge in [0.2, 0.25) is 10.0 Å². The van der Waals surface area contributed by atoms with Crippen molar-refractivity contribution < 1.29 is 13.2 Å². The maximum atomic E-state index is 12.3. The van der Waals surface area contributed by atoms with E-state index in [2.05, 4.69) is 15.0 Å². The molecule has 1 heterocycles. The molecule has 23 heavy (non-hydrogen) atoms. The molecule has 6 nitrogen and oxygen atoms in total. The molecule has 0 spiro atoms. The molecule has 0 atom stereocenters. The van der Waals surface area contributed by atoms with Crippen LogP contribution in [0.5, 0.6) is 0 Å². The number of anilines is 1. The number of amides is 1. The Morgan fingerprint density at radius 3 is 2.57 bits per heavy atom. The van der Waals surface area contributed by atoms with E-state index in [9.17, 15) is 13.2 Å². The second kappa shape index (κ2) is 6.89. The lowest BCUT2D eigenvalue weighted by Gasteiger charge is -2.10. The summed E-state index contributed by atoms with van der Waals surface area (Å²) in [5.74, 6) is -0.264. The number of aryl methyl sites for hydroxylation is 2. The summed E-state index contributed by atoms with van der Waals surface area (Å²) in [6, 6.07) is 8.93. The van der Waals surface area contributed by atoms with Gasteiger partial charge in [-0.05, 0) is 37.6 Å². The Morgan fingerprint density at radius 2 is 1.91 bits per heavy atom. The molecule has 0 saturated heterocycles. The normalized spacial score (nSPS) is 11.3. The van der Waals surface area contributed by atoms with Crippen molar-refractivity contribution in [2.24, 2.45) is 0 Å². The Kier molecular flexibility index (Phi) is 5.12. The fourth-order valence-electron chi connectivity index (χ4n) is 2.07. The van der Waals surface area contributed by atoms with E-state index in [1.165, 1.54) is 6.20 Å². The fourth-order valence-corrected chi connectivity index (χ4v) is 2.48. The van der Waals surface area contributed by atoms with E-state index in [0.717, 1.165) is 23.1 Å². The summed E-state index contributed by atoms with van der Waals surface area (Å²) < 4.78 is 24.6. The average Bonchev–Trinajstić information content (AvgIpc) is 2.47. The minimum absolute atomic E-state index is 0.0452. The molecule has 2 aromatic rings. The summed E-state index contributed by atoms with van der Waals surface area (Å²) in [6.45, 7) is 3.96. The van der Waals surface area contributed by atoms with Gasteiger partial charge in [-0.2, -0.15) is 0 Å². The molecular formula is C16H19N3O3S. The van der Waals surface area contributed by atoms with E-state index in [1.807, 2.05) is 32.0 Å². The molecule has 0 aliphatic heterocycles. The fraction of sp³-hybridized carbons (Fsp3) is 0.250. The van der Waals surface area contributed by atoms with Crippen LogP contribution in [0.1, 0.15) is 27.2 Å². The molecule has 7 heteroatoms. The third-order valence-electron chi connectivity index (χ3n) is 3.22. The van der Waals surface area contributed by atoms with E-state index in [4.69, 9.17) is 0 Å². The van der Waals surface area contributed by atoms with Crippen molar-refractivity contribution >= 4 is 21.6 Å². The van der Waals surface area contributed by atoms with Crippen molar-refractivity contribution in [1.29, 1.82) is 0 Å². The van der Waals surface area contributed by atoms with Gasteiger partial charge in [-0.1, -0.05) is 17.7 Å². The van der Waals surface area contributed by atoms with Gasteiger partial charge in [-0.3, -0.25) is 9.78 Å². The Balaban J connectivity index is 2.13. The maximum Gasteiger partial charge on any atom is 0.255 e. The van der Waals surface area contributed by atoms with Gasteiger partial charge in [0.1, 0.15) is 0 Å². The lowest BCUT2D eigenvalue weighted by Crippen LogP contribution is -2.22. The molecule has 0 fully saturated rings. The van der Waals surface area contributed by atoms with Crippen LogP contribution in [0.4, 0.5) is 5.69 Å². The van der Waals surface area contributed by atoms with Gasteiger partial charge in [-0.25, -0.2) is 13.1 Å². The van der Waals surface area contributed by atoms with Crippen LogP contribution in [0.3, 0.4) is 0 Å². The second-order valence-electron chi connectivity index (χ2n) is 5.40. The molecule has 0 aliphatic rings. The molecule has 2 N–H and O–H groups in total. The molecule has 0 unspecified atom stereocenters. The number of sulfonamides is 1. The summed E-state index contributed by atoms with van der Waals surface area (Å²) in [5.41, 5.74) is 3.74.